The van der Waals surface area contributed by atoms with Gasteiger partial charge in [0.1, 0.15) is 0 Å². The predicted octanol–water partition coefficient (Wildman–Crippen LogP) is 5.40. The van der Waals surface area contributed by atoms with Crippen LogP contribution in [0.25, 0.3) is 0 Å². The molecule has 0 aliphatic heterocycles. The second-order valence-electron chi connectivity index (χ2n) is 3.59. The van der Waals surface area contributed by atoms with Gasteiger partial charge >= 0.3 is 0 Å². The minimum Gasteiger partial charge on any atom is -0.392 e. The molecule has 0 spiro atoms. The maximum absolute atomic E-state index is 9.10. The first kappa shape index (κ1) is 14.2. The molecule has 1 N–H and O–H groups in total. The van der Waals surface area contributed by atoms with Crippen LogP contribution < -0.4 is 0 Å². The Balaban J connectivity index is 2.23. The number of aliphatic hydroxyl groups excluding tert-OH is 1. The van der Waals surface area contributed by atoms with Gasteiger partial charge in [-0.15, -0.1) is 0 Å². The highest BCUT2D eigenvalue weighted by Crippen LogP contribution is 2.34. The van der Waals surface area contributed by atoms with Crippen molar-refractivity contribution in [2.24, 2.45) is 0 Å². The summed E-state index contributed by atoms with van der Waals surface area (Å²) in [6, 6.07) is 11.4. The molecule has 0 atom stereocenters. The first-order valence-electron chi connectivity index (χ1n) is 5.12. The Kier molecular flexibility index (Phi) is 4.98. The molecule has 0 radical (unpaired) electrons. The number of halogens is 3. The zero-order valence-electron chi connectivity index (χ0n) is 9.16. The molecule has 0 aliphatic rings. The van der Waals surface area contributed by atoms with Crippen LogP contribution in [0.15, 0.2) is 50.7 Å². The van der Waals surface area contributed by atoms with Gasteiger partial charge in [-0.3, -0.25) is 0 Å². The van der Waals surface area contributed by atoms with Gasteiger partial charge in [-0.25, -0.2) is 0 Å². The van der Waals surface area contributed by atoms with Crippen molar-refractivity contribution in [2.45, 2.75) is 16.4 Å². The van der Waals surface area contributed by atoms with Gasteiger partial charge in [0.05, 0.1) is 16.7 Å². The quantitative estimate of drug-likeness (QED) is 0.787. The number of hydrogen-bond donors (Lipinski definition) is 1. The van der Waals surface area contributed by atoms with Crippen molar-refractivity contribution >= 4 is 50.9 Å². The normalized spacial score (nSPS) is 10.7. The molecule has 0 unspecified atom stereocenters. The summed E-state index contributed by atoms with van der Waals surface area (Å²) in [4.78, 5) is 2.09. The highest BCUT2D eigenvalue weighted by Gasteiger charge is 2.04. The van der Waals surface area contributed by atoms with Crippen molar-refractivity contribution < 1.29 is 5.11 Å². The molecular formula is C13H9BrCl2OS. The second kappa shape index (κ2) is 6.31. The lowest BCUT2D eigenvalue weighted by Gasteiger charge is -2.06. The molecule has 2 rings (SSSR count). The Hall–Kier alpha value is -0.190. The van der Waals surface area contributed by atoms with Crippen molar-refractivity contribution in [1.82, 2.24) is 0 Å². The molecule has 18 heavy (non-hydrogen) atoms. The van der Waals surface area contributed by atoms with Crippen LogP contribution in [0.4, 0.5) is 0 Å². The van der Waals surface area contributed by atoms with Crippen LogP contribution in [-0.4, -0.2) is 5.11 Å². The second-order valence-corrected chi connectivity index (χ2v) is 6.40. The molecule has 0 saturated carbocycles. The van der Waals surface area contributed by atoms with E-state index >= 15 is 0 Å². The van der Waals surface area contributed by atoms with Crippen molar-refractivity contribution in [3.05, 3.63) is 56.5 Å². The van der Waals surface area contributed by atoms with Crippen molar-refractivity contribution in [1.29, 1.82) is 0 Å². The van der Waals surface area contributed by atoms with Crippen LogP contribution in [0.5, 0.6) is 0 Å². The van der Waals surface area contributed by atoms with Gasteiger partial charge in [-0.05, 0) is 35.9 Å². The number of rotatable bonds is 3. The Labute approximate surface area is 128 Å². The maximum Gasteiger partial charge on any atom is 0.0692 e. The number of aliphatic hydroxyl groups is 1. The Morgan fingerprint density at radius 2 is 1.67 bits per heavy atom. The van der Waals surface area contributed by atoms with E-state index < -0.39 is 0 Å². The average molecular weight is 364 g/mol. The van der Waals surface area contributed by atoms with Crippen molar-refractivity contribution in [3.8, 4) is 0 Å². The van der Waals surface area contributed by atoms with Crippen molar-refractivity contribution in [2.75, 3.05) is 0 Å². The standard InChI is InChI=1S/C13H9BrCl2OS/c14-11-5-9(2-1-8(11)7-17)18-10-3-4-12(15)13(16)6-10/h1-6,17H,7H2. The predicted molar refractivity (Wildman–Crippen MR) is 80.6 cm³/mol. The summed E-state index contributed by atoms with van der Waals surface area (Å²) in [5.41, 5.74) is 0.869. The van der Waals surface area contributed by atoms with E-state index in [4.69, 9.17) is 28.3 Å². The first-order valence-corrected chi connectivity index (χ1v) is 7.49. The molecule has 0 fully saturated rings. The zero-order chi connectivity index (χ0) is 13.1. The number of benzene rings is 2. The van der Waals surface area contributed by atoms with Crippen LogP contribution in [-0.2, 0) is 6.61 Å². The molecule has 1 nitrogen and oxygen atoms in total. The Morgan fingerprint density at radius 3 is 2.28 bits per heavy atom. The van der Waals surface area contributed by atoms with E-state index in [1.165, 1.54) is 0 Å². The van der Waals surface area contributed by atoms with E-state index in [0.717, 1.165) is 19.8 Å². The van der Waals surface area contributed by atoms with Gasteiger partial charge < -0.3 is 5.11 Å². The third-order valence-corrected chi connectivity index (χ3v) is 4.78. The molecular weight excluding hydrogens is 355 g/mol. The zero-order valence-corrected chi connectivity index (χ0v) is 13.1. The topological polar surface area (TPSA) is 20.2 Å². The summed E-state index contributed by atoms with van der Waals surface area (Å²) in [6.07, 6.45) is 0. The summed E-state index contributed by atoms with van der Waals surface area (Å²) in [7, 11) is 0. The summed E-state index contributed by atoms with van der Waals surface area (Å²) < 4.78 is 0.898. The fourth-order valence-corrected chi connectivity index (χ4v) is 3.31. The van der Waals surface area contributed by atoms with Gasteiger partial charge in [0, 0.05) is 14.3 Å². The van der Waals surface area contributed by atoms with E-state index in [2.05, 4.69) is 15.9 Å². The third-order valence-electron chi connectivity index (χ3n) is 2.32. The van der Waals surface area contributed by atoms with Crippen LogP contribution in [0, 0.1) is 0 Å². The Bertz CT molecular complexity index is 575. The molecule has 0 heterocycles. The highest BCUT2D eigenvalue weighted by atomic mass is 79.9. The fourth-order valence-electron chi connectivity index (χ4n) is 1.40. The van der Waals surface area contributed by atoms with Crippen LogP contribution >= 0.6 is 50.9 Å². The van der Waals surface area contributed by atoms with E-state index in [9.17, 15) is 0 Å². The molecule has 94 valence electrons. The largest absolute Gasteiger partial charge is 0.392 e. The van der Waals surface area contributed by atoms with E-state index in [1.807, 2.05) is 30.3 Å². The molecule has 0 aliphatic carbocycles. The minimum absolute atomic E-state index is 0.0261. The van der Waals surface area contributed by atoms with Gasteiger partial charge in [-0.2, -0.15) is 0 Å². The lowest BCUT2D eigenvalue weighted by molar-refractivity contribution is 0.281. The fraction of sp³-hybridized carbons (Fsp3) is 0.0769. The van der Waals surface area contributed by atoms with Gasteiger partial charge in [0.25, 0.3) is 0 Å². The van der Waals surface area contributed by atoms with E-state index in [0.29, 0.717) is 10.0 Å². The van der Waals surface area contributed by atoms with Crippen LogP contribution in [0.1, 0.15) is 5.56 Å². The summed E-state index contributed by atoms with van der Waals surface area (Å²) >= 11 is 16.9. The van der Waals surface area contributed by atoms with E-state index in [1.54, 1.807) is 17.8 Å². The molecule has 0 bridgehead atoms. The molecule has 2 aromatic carbocycles. The molecule has 0 amide bonds. The third kappa shape index (κ3) is 3.43. The SMILES string of the molecule is OCc1ccc(Sc2ccc(Cl)c(Cl)c2)cc1Br. The van der Waals surface area contributed by atoms with Crippen LogP contribution in [0.3, 0.4) is 0 Å². The van der Waals surface area contributed by atoms with Gasteiger partial charge in [0.15, 0.2) is 0 Å². The lowest BCUT2D eigenvalue weighted by atomic mass is 10.2. The summed E-state index contributed by atoms with van der Waals surface area (Å²) in [6.45, 7) is 0.0261. The van der Waals surface area contributed by atoms with Gasteiger partial charge in [0.2, 0.25) is 0 Å². The number of hydrogen-bond acceptors (Lipinski definition) is 2. The van der Waals surface area contributed by atoms with E-state index in [-0.39, 0.29) is 6.61 Å². The lowest BCUT2D eigenvalue weighted by Crippen LogP contribution is -1.85. The molecule has 0 saturated heterocycles. The van der Waals surface area contributed by atoms with Crippen LogP contribution in [0.2, 0.25) is 10.0 Å². The highest BCUT2D eigenvalue weighted by molar-refractivity contribution is 9.10. The van der Waals surface area contributed by atoms with Crippen molar-refractivity contribution in [3.63, 3.8) is 0 Å². The van der Waals surface area contributed by atoms with Gasteiger partial charge in [-0.1, -0.05) is 57.0 Å². The smallest absolute Gasteiger partial charge is 0.0692 e. The summed E-state index contributed by atoms with van der Waals surface area (Å²) in [5, 5.41) is 10.2. The minimum atomic E-state index is 0.0261. The average Bonchev–Trinajstić information content (AvgIpc) is 2.34. The summed E-state index contributed by atoms with van der Waals surface area (Å²) in [5.74, 6) is 0. The molecule has 0 aromatic heterocycles. The molecule has 2 aromatic rings. The molecule has 5 heteroatoms. The first-order chi connectivity index (χ1) is 8.60. The maximum atomic E-state index is 9.10. The Morgan fingerprint density at radius 1 is 1.00 bits per heavy atom. The monoisotopic (exact) mass is 362 g/mol.